The summed E-state index contributed by atoms with van der Waals surface area (Å²) in [7, 11) is -1.89. The Kier molecular flexibility index (Phi) is 7.62. The number of nitrogens with zero attached hydrogens (tertiary/aromatic N) is 1. The molecule has 0 heterocycles. The minimum absolute atomic E-state index is 0.0696. The van der Waals surface area contributed by atoms with E-state index in [0.717, 1.165) is 0 Å². The molecule has 0 aliphatic carbocycles. The van der Waals surface area contributed by atoms with Gasteiger partial charge in [-0.25, -0.2) is 0 Å². The van der Waals surface area contributed by atoms with E-state index < -0.39 is 36.1 Å². The molecule has 0 saturated carbocycles. The maximum atomic E-state index is 11.7. The number of alkyl halides is 2. The zero-order chi connectivity index (χ0) is 18.5. The van der Waals surface area contributed by atoms with Crippen LogP contribution in [0.5, 0.6) is 0 Å². The van der Waals surface area contributed by atoms with Crippen LogP contribution >= 0.6 is 23.2 Å². The Morgan fingerprint density at radius 2 is 1.88 bits per heavy atom. The summed E-state index contributed by atoms with van der Waals surface area (Å²) in [5.41, 5.74) is 0.317. The molecule has 0 bridgehead atoms. The van der Waals surface area contributed by atoms with Crippen LogP contribution in [0.25, 0.3) is 0 Å². The number of hydrogen-bond acceptors (Lipinski definition) is 5. The van der Waals surface area contributed by atoms with Crippen molar-refractivity contribution in [2.45, 2.75) is 36.6 Å². The molecule has 1 rings (SSSR count). The number of carbonyl (C=O) groups is 1. The number of hydrogen-bond donors (Lipinski definition) is 2. The zero-order valence-corrected chi connectivity index (χ0v) is 16.0. The van der Waals surface area contributed by atoms with Gasteiger partial charge in [-0.05, 0) is 37.3 Å². The molecule has 2 unspecified atom stereocenters. The van der Waals surface area contributed by atoms with Gasteiger partial charge >= 0.3 is 0 Å². The highest BCUT2D eigenvalue weighted by molar-refractivity contribution is 6.69. The number of nitro groups is 1. The van der Waals surface area contributed by atoms with Gasteiger partial charge in [-0.15, -0.1) is 0 Å². The summed E-state index contributed by atoms with van der Waals surface area (Å²) < 4.78 is 5.75. The number of nitrogens with one attached hydrogen (secondary N) is 1. The molecule has 2 N–H and O–H groups in total. The molecule has 0 fully saturated rings. The normalized spacial score (nSPS) is 14.3. The van der Waals surface area contributed by atoms with Crippen molar-refractivity contribution in [1.82, 2.24) is 5.32 Å². The van der Waals surface area contributed by atoms with Crippen molar-refractivity contribution in [1.29, 1.82) is 0 Å². The van der Waals surface area contributed by atoms with Gasteiger partial charge in [-0.3, -0.25) is 14.9 Å². The molecule has 0 aliphatic heterocycles. The first-order chi connectivity index (χ1) is 11.0. The van der Waals surface area contributed by atoms with Gasteiger partial charge in [0.15, 0.2) is 13.2 Å². The number of benzene rings is 1. The molecule has 1 aromatic carbocycles. The second kappa shape index (κ2) is 8.77. The van der Waals surface area contributed by atoms with Crippen molar-refractivity contribution < 1.29 is 19.3 Å². The molecule has 1 amide bonds. The lowest BCUT2D eigenvalue weighted by molar-refractivity contribution is -0.384. The number of rotatable bonds is 8. The topological polar surface area (TPSA) is 102 Å². The SMILES string of the molecule is C[Si](C)(C)OCC(NC(=O)C(Cl)Cl)C(O)c1ccc([N+](=O)[O-])cc1. The van der Waals surface area contributed by atoms with Crippen molar-refractivity contribution in [2.75, 3.05) is 6.61 Å². The second-order valence-electron chi connectivity index (χ2n) is 6.13. The Morgan fingerprint density at radius 1 is 1.33 bits per heavy atom. The summed E-state index contributed by atoms with van der Waals surface area (Å²) in [6, 6.07) is 4.63. The Hall–Kier alpha value is -1.19. The molecule has 0 saturated heterocycles. The molecule has 2 atom stereocenters. The highest BCUT2D eigenvalue weighted by atomic mass is 35.5. The maximum Gasteiger partial charge on any atom is 0.269 e. The molecule has 1 aromatic rings. The van der Waals surface area contributed by atoms with Crippen molar-refractivity contribution in [3.63, 3.8) is 0 Å². The summed E-state index contributed by atoms with van der Waals surface area (Å²) in [6.45, 7) is 5.97. The average Bonchev–Trinajstić information content (AvgIpc) is 2.49. The van der Waals surface area contributed by atoms with E-state index in [0.29, 0.717) is 5.56 Å². The molecule has 134 valence electrons. The van der Waals surface area contributed by atoms with Crippen LogP contribution in [0, 0.1) is 10.1 Å². The minimum atomic E-state index is -1.89. The predicted molar refractivity (Wildman–Crippen MR) is 94.8 cm³/mol. The average molecular weight is 395 g/mol. The number of halogens is 2. The first kappa shape index (κ1) is 20.9. The van der Waals surface area contributed by atoms with Gasteiger partial charge in [-0.1, -0.05) is 23.2 Å². The number of aliphatic hydroxyl groups is 1. The lowest BCUT2D eigenvalue weighted by Crippen LogP contribution is -2.46. The molecule has 0 spiro atoms. The molecule has 24 heavy (non-hydrogen) atoms. The van der Waals surface area contributed by atoms with Crippen LogP contribution < -0.4 is 5.32 Å². The first-order valence-electron chi connectivity index (χ1n) is 7.16. The quantitative estimate of drug-likeness (QED) is 0.305. The molecular weight excluding hydrogens is 375 g/mol. The summed E-state index contributed by atoms with van der Waals surface area (Å²) >= 11 is 11.1. The summed E-state index contributed by atoms with van der Waals surface area (Å²) in [5.74, 6) is -0.650. The third-order valence-corrected chi connectivity index (χ3v) is 4.48. The van der Waals surface area contributed by atoms with Gasteiger partial charge in [0, 0.05) is 12.1 Å². The number of aliphatic hydroxyl groups excluding tert-OH is 1. The smallest absolute Gasteiger partial charge is 0.269 e. The molecule has 0 aromatic heterocycles. The molecule has 0 aliphatic rings. The van der Waals surface area contributed by atoms with Crippen molar-refractivity contribution in [3.05, 3.63) is 39.9 Å². The first-order valence-corrected chi connectivity index (χ1v) is 11.4. The van der Waals surface area contributed by atoms with E-state index >= 15 is 0 Å². The number of amides is 1. The van der Waals surface area contributed by atoms with Gasteiger partial charge in [0.25, 0.3) is 11.6 Å². The van der Waals surface area contributed by atoms with E-state index in [1.165, 1.54) is 24.3 Å². The van der Waals surface area contributed by atoms with E-state index in [1.807, 2.05) is 19.6 Å². The Labute approximate surface area is 151 Å². The number of non-ortho nitro benzene ring substituents is 1. The van der Waals surface area contributed by atoms with E-state index in [4.69, 9.17) is 27.6 Å². The number of carbonyl (C=O) groups excluding carboxylic acids is 1. The lowest BCUT2D eigenvalue weighted by atomic mass is 10.0. The van der Waals surface area contributed by atoms with E-state index in [1.54, 1.807) is 0 Å². The standard InChI is InChI=1S/C14H20Cl2N2O5Si/c1-24(2,3)23-8-11(17-14(20)13(15)16)12(19)9-4-6-10(7-5-9)18(21)22/h4-7,11-13,19H,8H2,1-3H3,(H,17,20). The largest absolute Gasteiger partial charge is 0.415 e. The highest BCUT2D eigenvalue weighted by Crippen LogP contribution is 2.22. The second-order valence-corrected chi connectivity index (χ2v) is 11.7. The monoisotopic (exact) mass is 394 g/mol. The van der Waals surface area contributed by atoms with Crippen LogP contribution in [0.4, 0.5) is 5.69 Å². The van der Waals surface area contributed by atoms with Crippen molar-refractivity contribution in [3.8, 4) is 0 Å². The Bertz CT molecular complexity index is 578. The van der Waals surface area contributed by atoms with Crippen LogP contribution in [0.3, 0.4) is 0 Å². The Balaban J connectivity index is 2.94. The van der Waals surface area contributed by atoms with Crippen molar-refractivity contribution in [2.24, 2.45) is 0 Å². The zero-order valence-electron chi connectivity index (χ0n) is 13.5. The van der Waals surface area contributed by atoms with Crippen molar-refractivity contribution >= 4 is 43.1 Å². The van der Waals surface area contributed by atoms with Gasteiger partial charge in [0.05, 0.1) is 17.6 Å². The fraction of sp³-hybridized carbons (Fsp3) is 0.500. The molecular formula is C14H20Cl2N2O5Si. The van der Waals surface area contributed by atoms with Gasteiger partial charge in [0.2, 0.25) is 0 Å². The predicted octanol–water partition coefficient (Wildman–Crippen LogP) is 2.77. The van der Waals surface area contributed by atoms with E-state index in [2.05, 4.69) is 5.32 Å². The molecule has 7 nitrogen and oxygen atoms in total. The van der Waals surface area contributed by atoms with Gasteiger partial charge in [-0.2, -0.15) is 0 Å². The lowest BCUT2D eigenvalue weighted by Gasteiger charge is -2.28. The highest BCUT2D eigenvalue weighted by Gasteiger charge is 2.28. The van der Waals surface area contributed by atoms with E-state index in [-0.39, 0.29) is 12.3 Å². The fourth-order valence-electron chi connectivity index (χ4n) is 1.82. The number of nitro benzene ring substituents is 1. The fourth-order valence-corrected chi connectivity index (χ4v) is 2.63. The van der Waals surface area contributed by atoms with Crippen LogP contribution in [-0.2, 0) is 9.22 Å². The summed E-state index contributed by atoms with van der Waals surface area (Å²) in [4.78, 5) is 20.6. The van der Waals surface area contributed by atoms with Crippen LogP contribution in [0.2, 0.25) is 19.6 Å². The Morgan fingerprint density at radius 3 is 2.29 bits per heavy atom. The molecule has 0 radical (unpaired) electrons. The van der Waals surface area contributed by atoms with Gasteiger partial charge < -0.3 is 14.8 Å². The summed E-state index contributed by atoms with van der Waals surface area (Å²) in [6.07, 6.45) is -1.13. The summed E-state index contributed by atoms with van der Waals surface area (Å²) in [5, 5.41) is 23.7. The van der Waals surface area contributed by atoms with Crippen LogP contribution in [-0.4, -0.2) is 41.7 Å². The molecule has 10 heteroatoms. The third-order valence-electron chi connectivity index (χ3n) is 3.05. The maximum absolute atomic E-state index is 11.7. The minimum Gasteiger partial charge on any atom is -0.415 e. The van der Waals surface area contributed by atoms with Crippen LogP contribution in [0.15, 0.2) is 24.3 Å². The third kappa shape index (κ3) is 6.74. The van der Waals surface area contributed by atoms with Gasteiger partial charge in [0.1, 0.15) is 6.10 Å². The van der Waals surface area contributed by atoms with E-state index in [9.17, 15) is 20.0 Å². The van der Waals surface area contributed by atoms with Crippen LogP contribution in [0.1, 0.15) is 11.7 Å².